The molecule has 0 spiro atoms. The Morgan fingerprint density at radius 2 is 2.21 bits per heavy atom. The van der Waals surface area contributed by atoms with Crippen molar-refractivity contribution in [2.75, 3.05) is 0 Å². The van der Waals surface area contributed by atoms with Crippen molar-refractivity contribution in [3.05, 3.63) is 40.7 Å². The van der Waals surface area contributed by atoms with E-state index in [9.17, 15) is 4.79 Å². The molecule has 0 aliphatic carbocycles. The summed E-state index contributed by atoms with van der Waals surface area (Å²) < 4.78 is 1.50. The lowest BCUT2D eigenvalue weighted by molar-refractivity contribution is -0.141. The predicted molar refractivity (Wildman–Crippen MR) is 68.9 cm³/mol. The topological polar surface area (TPSA) is 80.9 Å². The molecule has 19 heavy (non-hydrogen) atoms. The molecule has 0 amide bonds. The van der Waals surface area contributed by atoms with E-state index in [0.717, 1.165) is 5.56 Å². The third kappa shape index (κ3) is 3.29. The average Bonchev–Trinajstić information content (AvgIpc) is 2.79. The summed E-state index contributed by atoms with van der Waals surface area (Å²) in [5.41, 5.74) is 0.906. The van der Waals surface area contributed by atoms with Crippen LogP contribution >= 0.6 is 11.6 Å². The average molecular weight is 281 g/mol. The minimum atomic E-state index is -0.876. The van der Waals surface area contributed by atoms with E-state index in [4.69, 9.17) is 16.7 Å². The predicted octanol–water partition coefficient (Wildman–Crippen LogP) is 1.64. The second kappa shape index (κ2) is 5.79. The van der Waals surface area contributed by atoms with E-state index in [1.165, 1.54) is 4.68 Å². The number of hydrogen-bond donors (Lipinski definition) is 1. The highest BCUT2D eigenvalue weighted by atomic mass is 35.5. The lowest BCUT2D eigenvalue weighted by Crippen LogP contribution is -2.19. The molecule has 0 saturated heterocycles. The maximum absolute atomic E-state index is 10.8. The number of aromatic nitrogens is 4. The third-order valence-electron chi connectivity index (χ3n) is 2.78. The highest BCUT2D eigenvalue weighted by Gasteiger charge is 2.16. The second-order valence-corrected chi connectivity index (χ2v) is 4.69. The normalized spacial score (nSPS) is 12.3. The molecule has 1 unspecified atom stereocenters. The van der Waals surface area contributed by atoms with Crippen molar-refractivity contribution < 1.29 is 9.90 Å². The zero-order chi connectivity index (χ0) is 13.8. The number of carbonyl (C=O) groups is 1. The van der Waals surface area contributed by atoms with Crippen LogP contribution in [-0.4, -0.2) is 31.3 Å². The van der Waals surface area contributed by atoms with Crippen LogP contribution in [0.25, 0.3) is 0 Å². The summed E-state index contributed by atoms with van der Waals surface area (Å²) >= 11 is 6.08. The van der Waals surface area contributed by atoms with Gasteiger partial charge < -0.3 is 5.11 Å². The van der Waals surface area contributed by atoms with Gasteiger partial charge in [0, 0.05) is 11.4 Å². The molecule has 0 saturated carbocycles. The third-order valence-corrected chi connectivity index (χ3v) is 3.15. The molecule has 0 radical (unpaired) electrons. The minimum absolute atomic E-state index is 0.238. The molecule has 0 aliphatic rings. The van der Waals surface area contributed by atoms with Gasteiger partial charge in [-0.05, 0) is 22.1 Å². The Kier molecular flexibility index (Phi) is 4.11. The van der Waals surface area contributed by atoms with Gasteiger partial charge in [0.05, 0.1) is 12.5 Å². The fourth-order valence-electron chi connectivity index (χ4n) is 1.64. The van der Waals surface area contributed by atoms with Gasteiger partial charge in [-0.3, -0.25) is 4.79 Å². The minimum Gasteiger partial charge on any atom is -0.481 e. The van der Waals surface area contributed by atoms with Crippen LogP contribution < -0.4 is 0 Å². The molecular formula is C12H13ClN4O2. The fraction of sp³-hybridized carbons (Fsp3) is 0.333. The maximum Gasteiger partial charge on any atom is 0.308 e. The number of hydrogen-bond acceptors (Lipinski definition) is 4. The van der Waals surface area contributed by atoms with E-state index < -0.39 is 11.9 Å². The van der Waals surface area contributed by atoms with Gasteiger partial charge in [-0.25, -0.2) is 4.68 Å². The molecule has 1 aromatic carbocycles. The number of nitrogens with zero attached hydrogens (tertiary/aromatic N) is 4. The summed E-state index contributed by atoms with van der Waals surface area (Å²) in [7, 11) is 0. The van der Waals surface area contributed by atoms with Gasteiger partial charge in [0.1, 0.15) is 0 Å². The van der Waals surface area contributed by atoms with Gasteiger partial charge in [-0.15, -0.1) is 5.10 Å². The number of rotatable bonds is 5. The van der Waals surface area contributed by atoms with E-state index in [-0.39, 0.29) is 6.54 Å². The van der Waals surface area contributed by atoms with Crippen LogP contribution in [0.3, 0.4) is 0 Å². The molecule has 0 fully saturated rings. The molecule has 2 rings (SSSR count). The van der Waals surface area contributed by atoms with Crippen LogP contribution in [0.2, 0.25) is 5.02 Å². The van der Waals surface area contributed by atoms with E-state index >= 15 is 0 Å². The molecular weight excluding hydrogens is 268 g/mol. The number of benzene rings is 1. The molecule has 7 heteroatoms. The van der Waals surface area contributed by atoms with E-state index in [2.05, 4.69) is 15.5 Å². The van der Waals surface area contributed by atoms with Gasteiger partial charge >= 0.3 is 5.97 Å². The van der Waals surface area contributed by atoms with Gasteiger partial charge in [-0.1, -0.05) is 36.7 Å². The van der Waals surface area contributed by atoms with E-state index in [1.807, 2.05) is 18.2 Å². The summed E-state index contributed by atoms with van der Waals surface area (Å²) in [6, 6.07) is 7.42. The molecule has 1 atom stereocenters. The first-order valence-corrected chi connectivity index (χ1v) is 6.17. The van der Waals surface area contributed by atoms with Crippen LogP contribution in [0.5, 0.6) is 0 Å². The Morgan fingerprint density at radius 3 is 2.89 bits per heavy atom. The zero-order valence-corrected chi connectivity index (χ0v) is 11.1. The first-order valence-electron chi connectivity index (χ1n) is 5.79. The van der Waals surface area contributed by atoms with Gasteiger partial charge in [0.25, 0.3) is 0 Å². The van der Waals surface area contributed by atoms with E-state index in [0.29, 0.717) is 17.3 Å². The highest BCUT2D eigenvalue weighted by molar-refractivity contribution is 6.31. The lowest BCUT2D eigenvalue weighted by Gasteiger charge is -2.08. The van der Waals surface area contributed by atoms with Crippen LogP contribution in [0.4, 0.5) is 0 Å². The molecule has 2 aromatic rings. The monoisotopic (exact) mass is 280 g/mol. The Morgan fingerprint density at radius 1 is 1.47 bits per heavy atom. The van der Waals surface area contributed by atoms with Crippen molar-refractivity contribution in [2.45, 2.75) is 19.9 Å². The highest BCUT2D eigenvalue weighted by Crippen LogP contribution is 2.17. The van der Waals surface area contributed by atoms with Crippen LogP contribution in [0, 0.1) is 5.92 Å². The van der Waals surface area contributed by atoms with Crippen molar-refractivity contribution in [3.8, 4) is 0 Å². The van der Waals surface area contributed by atoms with E-state index in [1.54, 1.807) is 13.0 Å². The summed E-state index contributed by atoms with van der Waals surface area (Å²) in [6.45, 7) is 1.85. The van der Waals surface area contributed by atoms with Crippen molar-refractivity contribution >= 4 is 17.6 Å². The first kappa shape index (κ1) is 13.5. The van der Waals surface area contributed by atoms with Crippen LogP contribution in [0.1, 0.15) is 18.3 Å². The second-order valence-electron chi connectivity index (χ2n) is 4.28. The Labute approximate surface area is 115 Å². The number of aliphatic carboxylic acids is 1. The smallest absolute Gasteiger partial charge is 0.308 e. The van der Waals surface area contributed by atoms with Crippen molar-refractivity contribution in [1.82, 2.24) is 20.2 Å². The van der Waals surface area contributed by atoms with Crippen molar-refractivity contribution in [2.24, 2.45) is 5.92 Å². The first-order chi connectivity index (χ1) is 9.08. The zero-order valence-electron chi connectivity index (χ0n) is 10.3. The lowest BCUT2D eigenvalue weighted by atomic mass is 10.1. The molecule has 0 aliphatic heterocycles. The number of halogens is 1. The Balaban J connectivity index is 2.16. The van der Waals surface area contributed by atoms with Crippen molar-refractivity contribution in [1.29, 1.82) is 0 Å². The largest absolute Gasteiger partial charge is 0.481 e. The maximum atomic E-state index is 10.8. The molecule has 1 N–H and O–H groups in total. The van der Waals surface area contributed by atoms with Crippen molar-refractivity contribution in [3.63, 3.8) is 0 Å². The van der Waals surface area contributed by atoms with Gasteiger partial charge in [0.2, 0.25) is 0 Å². The Hall–Kier alpha value is -1.95. The fourth-order valence-corrected chi connectivity index (χ4v) is 1.84. The number of tetrazole rings is 1. The summed E-state index contributed by atoms with van der Waals surface area (Å²) in [4.78, 5) is 10.8. The summed E-state index contributed by atoms with van der Waals surface area (Å²) in [5, 5.41) is 20.9. The Bertz CT molecular complexity index is 585. The van der Waals surface area contributed by atoms with Gasteiger partial charge in [0.15, 0.2) is 5.82 Å². The molecule has 100 valence electrons. The molecule has 0 bridgehead atoms. The SMILES string of the molecule is CC(Cn1nnnc1Cc1ccccc1Cl)C(=O)O. The quantitative estimate of drug-likeness (QED) is 0.900. The summed E-state index contributed by atoms with van der Waals surface area (Å²) in [5.74, 6) is -0.825. The number of carboxylic acid groups (broad SMARTS) is 1. The molecule has 6 nitrogen and oxygen atoms in total. The summed E-state index contributed by atoms with van der Waals surface area (Å²) in [6.07, 6.45) is 0.471. The van der Waals surface area contributed by atoms with Gasteiger partial charge in [-0.2, -0.15) is 0 Å². The van der Waals surface area contributed by atoms with Crippen LogP contribution in [0.15, 0.2) is 24.3 Å². The molecule has 1 aromatic heterocycles. The molecule has 1 heterocycles. The van der Waals surface area contributed by atoms with Crippen LogP contribution in [-0.2, 0) is 17.8 Å². The number of carboxylic acids is 1. The standard InChI is InChI=1S/C12H13ClN4O2/c1-8(12(18)19)7-17-11(14-15-16-17)6-9-4-2-3-5-10(9)13/h2-5,8H,6-7H2,1H3,(H,18,19).